The summed E-state index contributed by atoms with van der Waals surface area (Å²) < 4.78 is 21.4. The highest BCUT2D eigenvalue weighted by Gasteiger charge is 2.52. The molecule has 9 atom stereocenters. The number of aliphatic hydroxyl groups excluding tert-OH is 5. The molecule has 0 aromatic heterocycles. The minimum atomic E-state index is -1.71. The van der Waals surface area contributed by atoms with E-state index in [1.807, 2.05) is 0 Å². The number of carboxylic acid groups (broad SMARTS) is 1. The Morgan fingerprint density at radius 1 is 1.10 bits per heavy atom. The fourth-order valence-electron chi connectivity index (χ4n) is 3.87. The Morgan fingerprint density at radius 3 is 2.42 bits per heavy atom. The van der Waals surface area contributed by atoms with Crippen molar-refractivity contribution in [2.45, 2.75) is 43.1 Å². The highest BCUT2D eigenvalue weighted by atomic mass is 32.2. The average molecular weight is 464 g/mol. The van der Waals surface area contributed by atoms with Crippen LogP contribution in [0.1, 0.15) is 0 Å². The van der Waals surface area contributed by atoms with Crippen LogP contribution in [0.4, 0.5) is 4.79 Å². The maximum atomic E-state index is 11.6. The van der Waals surface area contributed by atoms with E-state index in [1.54, 1.807) is 0 Å². The number of aliphatic hydroxyl groups is 5. The Hall–Kier alpha value is -1.71. The number of carbonyl (C=O) groups is 2. The van der Waals surface area contributed by atoms with Gasteiger partial charge in [0.05, 0.1) is 30.5 Å². The topological polar surface area (TPSA) is 192 Å². The third-order valence-corrected chi connectivity index (χ3v) is 5.89. The molecule has 13 heteroatoms. The van der Waals surface area contributed by atoms with Gasteiger partial charge < -0.3 is 49.6 Å². The summed E-state index contributed by atoms with van der Waals surface area (Å²) in [5.41, 5.74) is 0.106. The van der Waals surface area contributed by atoms with E-state index in [0.717, 1.165) is 18.0 Å². The lowest BCUT2D eigenvalue weighted by molar-refractivity contribution is -0.340. The molecule has 174 valence electrons. The van der Waals surface area contributed by atoms with Crippen LogP contribution in [0.5, 0.6) is 0 Å². The number of thioether (sulfide) groups is 1. The van der Waals surface area contributed by atoms with Crippen molar-refractivity contribution >= 4 is 23.0 Å². The molecule has 1 aliphatic carbocycles. The summed E-state index contributed by atoms with van der Waals surface area (Å²) in [7, 11) is 0. The molecule has 0 spiro atoms. The van der Waals surface area contributed by atoms with Gasteiger partial charge in [0.2, 0.25) is 6.29 Å². The Labute approximate surface area is 180 Å². The second-order valence-corrected chi connectivity index (χ2v) is 7.98. The van der Waals surface area contributed by atoms with Crippen molar-refractivity contribution in [3.8, 4) is 0 Å². The van der Waals surface area contributed by atoms with Crippen LogP contribution in [0.3, 0.4) is 0 Å². The molecule has 0 unspecified atom stereocenters. The van der Waals surface area contributed by atoms with E-state index in [4.69, 9.17) is 18.9 Å². The number of carboxylic acids is 1. The largest absolute Gasteiger partial charge is 0.478 e. The van der Waals surface area contributed by atoms with E-state index < -0.39 is 72.8 Å². The molecule has 1 saturated heterocycles. The van der Waals surface area contributed by atoms with Gasteiger partial charge in [-0.1, -0.05) is 6.08 Å². The Balaban J connectivity index is 1.84. The molecule has 0 amide bonds. The summed E-state index contributed by atoms with van der Waals surface area (Å²) in [6.45, 7) is -0.928. The van der Waals surface area contributed by atoms with Gasteiger partial charge in [0.1, 0.15) is 31.0 Å². The number of ether oxygens (including phenoxy) is 4. The van der Waals surface area contributed by atoms with Gasteiger partial charge in [-0.05, 0) is 23.6 Å². The minimum absolute atomic E-state index is 0.228. The Kier molecular flexibility index (Phi) is 7.59. The molecule has 0 bridgehead atoms. The first-order valence-corrected chi connectivity index (χ1v) is 10.6. The minimum Gasteiger partial charge on any atom is -0.478 e. The zero-order valence-corrected chi connectivity index (χ0v) is 17.1. The predicted molar refractivity (Wildman–Crippen MR) is 101 cm³/mol. The van der Waals surface area contributed by atoms with Crippen LogP contribution >= 0.6 is 11.8 Å². The summed E-state index contributed by atoms with van der Waals surface area (Å²) >= 11 is 0.829. The summed E-state index contributed by atoms with van der Waals surface area (Å²) in [6.07, 6.45) is -6.52. The Morgan fingerprint density at radius 2 is 1.81 bits per heavy atom. The third kappa shape index (κ3) is 4.73. The van der Waals surface area contributed by atoms with Crippen molar-refractivity contribution in [3.05, 3.63) is 23.5 Å². The normalized spacial score (nSPS) is 39.7. The quantitative estimate of drug-likeness (QED) is 0.190. The molecule has 0 radical (unpaired) electrons. The lowest BCUT2D eigenvalue weighted by Gasteiger charge is -2.43. The molecular formula is C18H24O12S. The van der Waals surface area contributed by atoms with E-state index in [1.165, 1.54) is 12.3 Å². The molecule has 3 rings (SSSR count). The fraction of sp³-hybridized carbons (Fsp3) is 0.667. The lowest BCUT2D eigenvalue weighted by atomic mass is 9.82. The van der Waals surface area contributed by atoms with E-state index in [-0.39, 0.29) is 12.2 Å². The number of fused-ring (bicyclic) bond motifs is 1. The van der Waals surface area contributed by atoms with Gasteiger partial charge in [0.15, 0.2) is 6.29 Å². The van der Waals surface area contributed by atoms with Gasteiger partial charge in [-0.3, -0.25) is 0 Å². The highest BCUT2D eigenvalue weighted by Crippen LogP contribution is 2.44. The van der Waals surface area contributed by atoms with Crippen LogP contribution in [0.15, 0.2) is 23.5 Å². The maximum absolute atomic E-state index is 11.6. The van der Waals surface area contributed by atoms with Crippen LogP contribution in [0.2, 0.25) is 0 Å². The summed E-state index contributed by atoms with van der Waals surface area (Å²) in [4.78, 5) is 23.1. The smallest absolute Gasteiger partial charge is 0.367 e. The number of hydrogen-bond donors (Lipinski definition) is 6. The molecule has 1 fully saturated rings. The average Bonchev–Trinajstić information content (AvgIpc) is 3.09. The van der Waals surface area contributed by atoms with E-state index in [2.05, 4.69) is 0 Å². The molecule has 3 aliphatic rings. The van der Waals surface area contributed by atoms with Gasteiger partial charge in [-0.25, -0.2) is 9.59 Å². The predicted octanol–water partition coefficient (Wildman–Crippen LogP) is -1.84. The van der Waals surface area contributed by atoms with Crippen molar-refractivity contribution in [2.24, 2.45) is 11.8 Å². The second kappa shape index (κ2) is 9.83. The van der Waals surface area contributed by atoms with Crippen molar-refractivity contribution < 1.29 is 59.2 Å². The molecule has 31 heavy (non-hydrogen) atoms. The van der Waals surface area contributed by atoms with E-state index >= 15 is 0 Å². The molecule has 12 nitrogen and oxygen atoms in total. The summed E-state index contributed by atoms with van der Waals surface area (Å²) in [6, 6.07) is 0. The van der Waals surface area contributed by atoms with Gasteiger partial charge in [-0.2, -0.15) is 0 Å². The van der Waals surface area contributed by atoms with Crippen LogP contribution in [-0.2, 0) is 23.7 Å². The first-order chi connectivity index (χ1) is 14.7. The molecule has 0 aromatic rings. The fourth-order valence-corrected chi connectivity index (χ4v) is 4.05. The molecule has 2 heterocycles. The number of aliphatic carboxylic acids is 1. The van der Waals surface area contributed by atoms with Gasteiger partial charge in [0, 0.05) is 5.92 Å². The first-order valence-electron chi connectivity index (χ1n) is 9.33. The van der Waals surface area contributed by atoms with Crippen molar-refractivity contribution in [1.29, 1.82) is 0 Å². The maximum Gasteiger partial charge on any atom is 0.367 e. The van der Waals surface area contributed by atoms with E-state index in [0.29, 0.717) is 5.57 Å². The van der Waals surface area contributed by atoms with Crippen molar-refractivity contribution in [1.82, 2.24) is 0 Å². The van der Waals surface area contributed by atoms with Crippen molar-refractivity contribution in [2.75, 3.05) is 19.5 Å². The molecule has 2 aliphatic heterocycles. The number of hydrogen-bond acceptors (Lipinski definition) is 12. The van der Waals surface area contributed by atoms with Crippen molar-refractivity contribution in [3.63, 3.8) is 0 Å². The molecule has 0 saturated carbocycles. The van der Waals surface area contributed by atoms with Gasteiger partial charge in [0.25, 0.3) is 0 Å². The van der Waals surface area contributed by atoms with Crippen LogP contribution in [0, 0.1) is 11.8 Å². The molecule has 0 aromatic carbocycles. The van der Waals surface area contributed by atoms with Gasteiger partial charge >= 0.3 is 11.3 Å². The number of rotatable bonds is 6. The third-order valence-electron chi connectivity index (χ3n) is 5.44. The lowest BCUT2D eigenvalue weighted by Crippen LogP contribution is -2.60. The van der Waals surface area contributed by atoms with E-state index in [9.17, 15) is 40.2 Å². The Bertz CT molecular complexity index is 752. The molecule has 6 N–H and O–H groups in total. The second-order valence-electron chi connectivity index (χ2n) is 7.24. The standard InChI is InChI=1S/C18H24O12S/c1-31-18(26)28-4-6-2-8(20)11-7(15(24)25)5-27-16(10(6)11)30-17-14(23)13(22)12(21)9(3-19)29-17/h2,5,8-14,16-17,19-23H,3-4H2,1H3,(H,24,25)/t8-,9+,10+,11-,12+,13-,14+,16-,17-/m1/s1. The van der Waals surface area contributed by atoms with Crippen LogP contribution in [-0.4, -0.2) is 104 Å². The summed E-state index contributed by atoms with van der Waals surface area (Å²) in [5.74, 6) is -3.24. The highest BCUT2D eigenvalue weighted by molar-refractivity contribution is 8.12. The van der Waals surface area contributed by atoms with Gasteiger partial charge in [-0.15, -0.1) is 0 Å². The zero-order chi connectivity index (χ0) is 22.9. The SMILES string of the molecule is CSC(=O)OCC1=C[C@@H](O)[C@H]2C(C(=O)O)=CO[C@H](O[C@H]3O[C@@H](CO)[C@H](O)[C@@H](O)[C@@H]3O)[C@@H]12. The zero-order valence-electron chi connectivity index (χ0n) is 16.3. The van der Waals surface area contributed by atoms with Crippen LogP contribution in [0.25, 0.3) is 0 Å². The van der Waals surface area contributed by atoms with Crippen LogP contribution < -0.4 is 0 Å². The number of carbonyl (C=O) groups excluding carboxylic acids is 1. The monoisotopic (exact) mass is 464 g/mol. The molecular weight excluding hydrogens is 440 g/mol. The summed E-state index contributed by atoms with van der Waals surface area (Å²) in [5, 5.41) is 58.7. The first kappa shape index (κ1) is 23.9.